The number of aryl methyl sites for hydroxylation is 1. The summed E-state index contributed by atoms with van der Waals surface area (Å²) in [5.74, 6) is -0.944. The van der Waals surface area contributed by atoms with Gasteiger partial charge in [0.05, 0.1) is 29.9 Å². The molecule has 7 nitrogen and oxygen atoms in total. The molecular formula is C24H26N4O3S. The molecular weight excluding hydrogens is 424 g/mol. The van der Waals surface area contributed by atoms with E-state index in [9.17, 15) is 9.90 Å². The van der Waals surface area contributed by atoms with Gasteiger partial charge in [-0.2, -0.15) is 0 Å². The van der Waals surface area contributed by atoms with Gasteiger partial charge in [-0.3, -0.25) is 4.98 Å². The molecule has 0 amide bonds. The summed E-state index contributed by atoms with van der Waals surface area (Å²) in [6, 6.07) is 14.8. The highest BCUT2D eigenvalue weighted by Gasteiger charge is 2.41. The number of aromatic carboxylic acids is 1. The highest BCUT2D eigenvalue weighted by molar-refractivity contribution is 7.80. The Labute approximate surface area is 192 Å². The van der Waals surface area contributed by atoms with Gasteiger partial charge in [0.15, 0.2) is 5.11 Å². The van der Waals surface area contributed by atoms with Crippen LogP contribution in [0.3, 0.4) is 0 Å². The third-order valence-corrected chi connectivity index (χ3v) is 6.23. The van der Waals surface area contributed by atoms with Crippen molar-refractivity contribution < 1.29 is 14.6 Å². The van der Waals surface area contributed by atoms with Gasteiger partial charge in [0.2, 0.25) is 0 Å². The third-order valence-electron chi connectivity index (χ3n) is 5.87. The van der Waals surface area contributed by atoms with Crippen molar-refractivity contribution in [2.24, 2.45) is 0 Å². The highest BCUT2D eigenvalue weighted by Crippen LogP contribution is 2.41. The lowest BCUT2D eigenvalue weighted by atomic mass is 9.97. The molecule has 1 fully saturated rings. The number of benzene rings is 1. The molecule has 2 aromatic heterocycles. The lowest BCUT2D eigenvalue weighted by Gasteiger charge is -2.28. The Morgan fingerprint density at radius 1 is 1.22 bits per heavy atom. The monoisotopic (exact) mass is 450 g/mol. The summed E-state index contributed by atoms with van der Waals surface area (Å²) >= 11 is 5.69. The van der Waals surface area contributed by atoms with Crippen molar-refractivity contribution in [3.63, 3.8) is 0 Å². The molecule has 0 aliphatic carbocycles. The predicted molar refractivity (Wildman–Crippen MR) is 126 cm³/mol. The van der Waals surface area contributed by atoms with Crippen molar-refractivity contribution in [1.82, 2.24) is 19.8 Å². The van der Waals surface area contributed by atoms with Gasteiger partial charge >= 0.3 is 5.97 Å². The molecule has 1 aliphatic heterocycles. The zero-order valence-corrected chi connectivity index (χ0v) is 19.1. The number of carboxylic acids is 1. The third kappa shape index (κ3) is 3.99. The van der Waals surface area contributed by atoms with Crippen molar-refractivity contribution in [2.75, 3.05) is 20.3 Å². The van der Waals surface area contributed by atoms with Crippen molar-refractivity contribution in [3.8, 4) is 5.69 Å². The van der Waals surface area contributed by atoms with Crippen LogP contribution >= 0.6 is 12.2 Å². The van der Waals surface area contributed by atoms with E-state index >= 15 is 0 Å². The molecule has 1 aromatic carbocycles. The van der Waals surface area contributed by atoms with Gasteiger partial charge in [0.1, 0.15) is 0 Å². The van der Waals surface area contributed by atoms with Gasteiger partial charge in [-0.15, -0.1) is 0 Å². The van der Waals surface area contributed by atoms with Crippen LogP contribution in [-0.4, -0.2) is 50.9 Å². The molecule has 1 saturated heterocycles. The number of ether oxygens (including phenoxy) is 1. The lowest BCUT2D eigenvalue weighted by molar-refractivity contribution is 0.0697. The Morgan fingerprint density at radius 2 is 2.03 bits per heavy atom. The Kier molecular flexibility index (Phi) is 6.25. The van der Waals surface area contributed by atoms with Crippen LogP contribution in [0.1, 0.15) is 45.1 Å². The van der Waals surface area contributed by atoms with E-state index in [-0.39, 0.29) is 17.6 Å². The summed E-state index contributed by atoms with van der Waals surface area (Å²) in [5, 5.41) is 13.5. The summed E-state index contributed by atoms with van der Waals surface area (Å²) in [7, 11) is 1.68. The highest BCUT2D eigenvalue weighted by atomic mass is 32.1. The molecule has 166 valence electrons. The van der Waals surface area contributed by atoms with E-state index in [4.69, 9.17) is 17.0 Å². The molecule has 3 aromatic rings. The minimum Gasteiger partial charge on any atom is -0.478 e. The van der Waals surface area contributed by atoms with Crippen LogP contribution in [0, 0.1) is 13.8 Å². The normalized spacial score (nSPS) is 18.1. The second-order valence-corrected chi connectivity index (χ2v) is 8.22. The quantitative estimate of drug-likeness (QED) is 0.530. The summed E-state index contributed by atoms with van der Waals surface area (Å²) < 4.78 is 7.43. The minimum atomic E-state index is -0.944. The number of rotatable bonds is 7. The average Bonchev–Trinajstić information content (AvgIpc) is 3.27. The first-order valence-corrected chi connectivity index (χ1v) is 10.8. The topological polar surface area (TPSA) is 79.6 Å². The van der Waals surface area contributed by atoms with Crippen LogP contribution in [0.25, 0.3) is 5.69 Å². The number of carbonyl (C=O) groups is 1. The summed E-state index contributed by atoms with van der Waals surface area (Å²) in [6.07, 6.45) is 1.79. The van der Waals surface area contributed by atoms with Gasteiger partial charge in [-0.1, -0.05) is 12.1 Å². The van der Waals surface area contributed by atoms with Crippen molar-refractivity contribution in [3.05, 3.63) is 82.9 Å². The number of methoxy groups -OCH3 is 1. The fourth-order valence-corrected chi connectivity index (χ4v) is 4.77. The second kappa shape index (κ2) is 9.10. The second-order valence-electron chi connectivity index (χ2n) is 7.83. The van der Waals surface area contributed by atoms with Gasteiger partial charge in [-0.25, -0.2) is 4.79 Å². The van der Waals surface area contributed by atoms with Crippen LogP contribution in [0.2, 0.25) is 0 Å². The van der Waals surface area contributed by atoms with Crippen LogP contribution in [0.5, 0.6) is 0 Å². The number of carboxylic acid groups (broad SMARTS) is 1. The molecule has 8 heteroatoms. The van der Waals surface area contributed by atoms with Crippen LogP contribution in [0.15, 0.2) is 54.7 Å². The van der Waals surface area contributed by atoms with E-state index in [0.717, 1.165) is 28.3 Å². The molecule has 32 heavy (non-hydrogen) atoms. The Hall–Kier alpha value is -3.23. The molecule has 0 spiro atoms. The van der Waals surface area contributed by atoms with Crippen LogP contribution < -0.4 is 5.32 Å². The summed E-state index contributed by atoms with van der Waals surface area (Å²) in [5.41, 5.74) is 5.15. The van der Waals surface area contributed by atoms with Gasteiger partial charge in [-0.05, 0) is 68.0 Å². The van der Waals surface area contributed by atoms with Crippen LogP contribution in [0.4, 0.5) is 0 Å². The molecule has 2 atom stereocenters. The SMILES string of the molecule is COCCN1C(=S)N[C@@H](c2ccccn2)[C@H]1c1cc(C)n(-c2cccc(C(=O)O)c2)c1C. The molecule has 0 unspecified atom stereocenters. The van der Waals surface area contributed by atoms with Gasteiger partial charge in [0.25, 0.3) is 0 Å². The number of thiocarbonyl (C=S) groups is 1. The number of hydrogen-bond donors (Lipinski definition) is 2. The average molecular weight is 451 g/mol. The number of aromatic nitrogens is 2. The molecule has 4 rings (SSSR count). The molecule has 0 bridgehead atoms. The number of nitrogens with zero attached hydrogens (tertiary/aromatic N) is 3. The van der Waals surface area contributed by atoms with E-state index in [1.54, 1.807) is 31.5 Å². The van der Waals surface area contributed by atoms with E-state index in [1.807, 2.05) is 31.2 Å². The first kappa shape index (κ1) is 22.0. The Bertz CT molecular complexity index is 1150. The molecule has 3 heterocycles. The predicted octanol–water partition coefficient (Wildman–Crippen LogP) is 3.81. The molecule has 2 N–H and O–H groups in total. The number of nitrogens with one attached hydrogen (secondary N) is 1. The van der Waals surface area contributed by atoms with Crippen molar-refractivity contribution in [1.29, 1.82) is 0 Å². The molecule has 1 aliphatic rings. The maximum atomic E-state index is 11.5. The van der Waals surface area contributed by atoms with Crippen molar-refractivity contribution in [2.45, 2.75) is 25.9 Å². The lowest BCUT2D eigenvalue weighted by Crippen LogP contribution is -2.32. The fourth-order valence-electron chi connectivity index (χ4n) is 4.44. The fraction of sp³-hybridized carbons (Fsp3) is 0.292. The zero-order valence-electron chi connectivity index (χ0n) is 18.3. The van der Waals surface area contributed by atoms with E-state index in [2.05, 4.69) is 32.8 Å². The van der Waals surface area contributed by atoms with Gasteiger partial charge < -0.3 is 24.6 Å². The summed E-state index contributed by atoms with van der Waals surface area (Å²) in [6.45, 7) is 5.28. The minimum absolute atomic E-state index is 0.0739. The molecule has 0 saturated carbocycles. The molecule has 0 radical (unpaired) electrons. The number of pyridine rings is 1. The first-order chi connectivity index (χ1) is 15.4. The summed E-state index contributed by atoms with van der Waals surface area (Å²) in [4.78, 5) is 18.2. The standard InChI is InChI=1S/C24H26N4O3S/c1-15-13-19(16(2)28(15)18-8-6-7-17(14-18)23(29)30)22-21(20-9-4-5-10-25-20)26-24(32)27(22)11-12-31-3/h4-10,13-14,21-22H,11-12H2,1-3H3,(H,26,32)(H,29,30)/t21-,22+/m0/s1. The number of hydrogen-bond acceptors (Lipinski definition) is 4. The Morgan fingerprint density at radius 3 is 2.72 bits per heavy atom. The van der Waals surface area contributed by atoms with Crippen LogP contribution in [-0.2, 0) is 4.74 Å². The zero-order chi connectivity index (χ0) is 22.8. The van der Waals surface area contributed by atoms with Crippen molar-refractivity contribution >= 4 is 23.3 Å². The van der Waals surface area contributed by atoms with E-state index in [0.29, 0.717) is 18.3 Å². The maximum Gasteiger partial charge on any atom is 0.335 e. The Balaban J connectivity index is 1.82. The van der Waals surface area contributed by atoms with Gasteiger partial charge in [0, 0.05) is 36.9 Å². The first-order valence-electron chi connectivity index (χ1n) is 10.4. The van der Waals surface area contributed by atoms with E-state index < -0.39 is 5.97 Å². The largest absolute Gasteiger partial charge is 0.478 e. The smallest absolute Gasteiger partial charge is 0.335 e. The van der Waals surface area contributed by atoms with E-state index in [1.165, 1.54) is 0 Å². The maximum absolute atomic E-state index is 11.5.